The lowest BCUT2D eigenvalue weighted by Crippen LogP contribution is -2.58. The second-order valence-corrected chi connectivity index (χ2v) is 10.1. The van der Waals surface area contributed by atoms with Crippen LogP contribution in [0.2, 0.25) is 0 Å². The molecule has 1 heterocycles. The molecule has 1 aromatic carbocycles. The van der Waals surface area contributed by atoms with E-state index in [-0.39, 0.29) is 17.4 Å². The molecule has 180 valence electrons. The van der Waals surface area contributed by atoms with Crippen molar-refractivity contribution >= 4 is 0 Å². The van der Waals surface area contributed by atoms with Crippen molar-refractivity contribution in [2.75, 3.05) is 0 Å². The van der Waals surface area contributed by atoms with Crippen LogP contribution in [-0.4, -0.2) is 51.1 Å². The number of hydrogen-bond acceptors (Lipinski definition) is 6. The smallest absolute Gasteiger partial charge is 0.229 e. The Morgan fingerprint density at radius 2 is 1.84 bits per heavy atom. The second-order valence-electron chi connectivity index (χ2n) is 10.1. The van der Waals surface area contributed by atoms with Gasteiger partial charge in [0.05, 0.1) is 6.10 Å². The fourth-order valence-electron chi connectivity index (χ4n) is 5.18. The number of ether oxygens (including phenoxy) is 2. The molecule has 32 heavy (non-hydrogen) atoms. The van der Waals surface area contributed by atoms with Crippen molar-refractivity contribution in [3.05, 3.63) is 34.4 Å². The minimum Gasteiger partial charge on any atom is -0.504 e. The largest absolute Gasteiger partial charge is 0.504 e. The number of aliphatic hydroxyl groups excluding tert-OH is 3. The predicted molar refractivity (Wildman–Crippen MR) is 124 cm³/mol. The summed E-state index contributed by atoms with van der Waals surface area (Å²) in [6, 6.07) is 2.10. The standard InChI is InChI=1S/C26H40O6/c1-13(2)8-7-9-14(3)18-11-10-15(4)20-19(18)12-16(5)25(22(20)28)32-26-24(30)23(29)21(27)17(6)31-26/h8,12,14-15,17-18,21,23-24,26-30H,7,9-11H2,1-6H3/t14-,15-,17-,18+,21?,23?,24?,26-/m0/s1. The van der Waals surface area contributed by atoms with Crippen molar-refractivity contribution in [2.24, 2.45) is 5.92 Å². The Hall–Kier alpha value is -1.60. The van der Waals surface area contributed by atoms with Crippen LogP contribution in [0.1, 0.15) is 88.8 Å². The molecule has 1 aromatic rings. The van der Waals surface area contributed by atoms with Crippen LogP contribution in [0.3, 0.4) is 0 Å². The van der Waals surface area contributed by atoms with E-state index in [1.54, 1.807) is 6.92 Å². The van der Waals surface area contributed by atoms with Crippen LogP contribution < -0.4 is 4.74 Å². The third kappa shape index (κ3) is 4.98. The van der Waals surface area contributed by atoms with Crippen LogP contribution in [0.5, 0.6) is 11.5 Å². The maximum absolute atomic E-state index is 11.3. The third-order valence-corrected chi connectivity index (χ3v) is 7.22. The summed E-state index contributed by atoms with van der Waals surface area (Å²) >= 11 is 0. The SMILES string of the molecule is CC(C)=CCC[C@H](C)[C@H]1CC[C@H](C)c2c1cc(C)c(O[C@@H]1O[C@@H](C)C(O)C(O)C1O)c2O. The van der Waals surface area contributed by atoms with Gasteiger partial charge >= 0.3 is 0 Å². The summed E-state index contributed by atoms with van der Waals surface area (Å²) in [4.78, 5) is 0. The van der Waals surface area contributed by atoms with E-state index >= 15 is 0 Å². The van der Waals surface area contributed by atoms with Gasteiger partial charge in [-0.3, -0.25) is 0 Å². The lowest BCUT2D eigenvalue weighted by Gasteiger charge is -2.40. The van der Waals surface area contributed by atoms with Crippen molar-refractivity contribution in [2.45, 2.75) is 110 Å². The van der Waals surface area contributed by atoms with Gasteiger partial charge in [0, 0.05) is 5.56 Å². The zero-order chi connectivity index (χ0) is 23.7. The molecule has 8 atom stereocenters. The fraction of sp³-hybridized carbons (Fsp3) is 0.692. The molecule has 0 saturated carbocycles. The molecular weight excluding hydrogens is 408 g/mol. The highest BCUT2D eigenvalue weighted by molar-refractivity contribution is 5.57. The molecular formula is C26H40O6. The van der Waals surface area contributed by atoms with Crippen LogP contribution in [0.25, 0.3) is 0 Å². The van der Waals surface area contributed by atoms with E-state index in [9.17, 15) is 20.4 Å². The lowest BCUT2D eigenvalue weighted by atomic mass is 9.70. The van der Waals surface area contributed by atoms with Gasteiger partial charge < -0.3 is 29.9 Å². The Morgan fingerprint density at radius 1 is 1.16 bits per heavy atom. The van der Waals surface area contributed by atoms with Gasteiger partial charge in [-0.1, -0.05) is 31.6 Å². The van der Waals surface area contributed by atoms with Crippen molar-refractivity contribution in [1.82, 2.24) is 0 Å². The molecule has 0 aromatic heterocycles. The molecule has 0 amide bonds. The van der Waals surface area contributed by atoms with Crippen molar-refractivity contribution in [1.29, 1.82) is 0 Å². The normalized spacial score (nSPS) is 33.3. The molecule has 1 aliphatic heterocycles. The summed E-state index contributed by atoms with van der Waals surface area (Å²) in [6.07, 6.45) is 0.640. The number of phenols is 1. The van der Waals surface area contributed by atoms with Gasteiger partial charge in [-0.15, -0.1) is 0 Å². The number of fused-ring (bicyclic) bond motifs is 1. The number of aryl methyl sites for hydroxylation is 1. The second kappa shape index (κ2) is 10.1. The molecule has 1 saturated heterocycles. The average Bonchev–Trinajstić information content (AvgIpc) is 2.72. The minimum absolute atomic E-state index is 0.0952. The number of benzene rings is 1. The molecule has 6 nitrogen and oxygen atoms in total. The molecule has 4 N–H and O–H groups in total. The van der Waals surface area contributed by atoms with Crippen LogP contribution in [0.15, 0.2) is 17.7 Å². The zero-order valence-electron chi connectivity index (χ0n) is 20.2. The molecule has 2 aliphatic rings. The first-order valence-corrected chi connectivity index (χ1v) is 11.9. The monoisotopic (exact) mass is 448 g/mol. The molecule has 3 rings (SSSR count). The number of aromatic hydroxyl groups is 1. The molecule has 6 heteroatoms. The fourth-order valence-corrected chi connectivity index (χ4v) is 5.18. The van der Waals surface area contributed by atoms with Gasteiger partial charge in [0.1, 0.15) is 18.3 Å². The van der Waals surface area contributed by atoms with E-state index in [1.165, 1.54) is 11.1 Å². The Labute approximate surface area is 191 Å². The van der Waals surface area contributed by atoms with Gasteiger partial charge in [0.25, 0.3) is 0 Å². The van der Waals surface area contributed by atoms with Crippen LogP contribution in [0.4, 0.5) is 0 Å². The van der Waals surface area contributed by atoms with Gasteiger partial charge in [0.15, 0.2) is 11.5 Å². The Bertz CT molecular complexity index is 830. The highest BCUT2D eigenvalue weighted by Gasteiger charge is 2.44. The predicted octanol–water partition coefficient (Wildman–Crippen LogP) is 4.27. The Kier molecular flexibility index (Phi) is 7.92. The summed E-state index contributed by atoms with van der Waals surface area (Å²) in [5, 5.41) is 41.6. The van der Waals surface area contributed by atoms with E-state index < -0.39 is 30.7 Å². The molecule has 0 spiro atoms. The number of phenolic OH excluding ortho intramolecular Hbond substituents is 1. The topological polar surface area (TPSA) is 99.4 Å². The number of rotatable bonds is 6. The lowest BCUT2D eigenvalue weighted by molar-refractivity contribution is -0.268. The Balaban J connectivity index is 1.89. The maximum atomic E-state index is 11.3. The quantitative estimate of drug-likeness (QED) is 0.485. The van der Waals surface area contributed by atoms with Gasteiger partial charge in [-0.25, -0.2) is 0 Å². The van der Waals surface area contributed by atoms with Crippen molar-refractivity contribution in [3.63, 3.8) is 0 Å². The van der Waals surface area contributed by atoms with Gasteiger partial charge in [-0.2, -0.15) is 0 Å². The summed E-state index contributed by atoms with van der Waals surface area (Å²) in [5.41, 5.74) is 4.20. The van der Waals surface area contributed by atoms with Crippen molar-refractivity contribution in [3.8, 4) is 11.5 Å². The zero-order valence-corrected chi connectivity index (χ0v) is 20.2. The van der Waals surface area contributed by atoms with E-state index in [2.05, 4.69) is 39.8 Å². The van der Waals surface area contributed by atoms with Gasteiger partial charge in [-0.05, 0) is 82.3 Å². The van der Waals surface area contributed by atoms with Crippen LogP contribution in [-0.2, 0) is 4.74 Å². The van der Waals surface area contributed by atoms with E-state index in [4.69, 9.17) is 9.47 Å². The highest BCUT2D eigenvalue weighted by Crippen LogP contribution is 2.51. The molecule has 3 unspecified atom stereocenters. The number of aliphatic hydroxyl groups is 3. The first-order valence-electron chi connectivity index (χ1n) is 11.9. The summed E-state index contributed by atoms with van der Waals surface area (Å²) < 4.78 is 11.5. The number of allylic oxidation sites excluding steroid dienone is 2. The molecule has 0 radical (unpaired) electrons. The first kappa shape index (κ1) is 25.0. The summed E-state index contributed by atoms with van der Waals surface area (Å²) in [6.45, 7) is 12.1. The maximum Gasteiger partial charge on any atom is 0.229 e. The third-order valence-electron chi connectivity index (χ3n) is 7.22. The molecule has 0 bridgehead atoms. The Morgan fingerprint density at radius 3 is 2.50 bits per heavy atom. The van der Waals surface area contributed by atoms with E-state index in [0.717, 1.165) is 36.8 Å². The summed E-state index contributed by atoms with van der Waals surface area (Å²) in [7, 11) is 0. The highest BCUT2D eigenvalue weighted by atomic mass is 16.7. The average molecular weight is 449 g/mol. The van der Waals surface area contributed by atoms with Gasteiger partial charge in [0.2, 0.25) is 6.29 Å². The molecule has 1 fully saturated rings. The van der Waals surface area contributed by atoms with E-state index in [0.29, 0.717) is 11.8 Å². The minimum atomic E-state index is -1.42. The molecule has 1 aliphatic carbocycles. The first-order chi connectivity index (χ1) is 15.0. The van der Waals surface area contributed by atoms with Crippen LogP contribution >= 0.6 is 0 Å². The summed E-state index contributed by atoms with van der Waals surface area (Å²) in [5.74, 6) is 1.42. The number of hydrogen-bond donors (Lipinski definition) is 4. The van der Waals surface area contributed by atoms with E-state index in [1.807, 2.05) is 6.92 Å². The van der Waals surface area contributed by atoms with Crippen molar-refractivity contribution < 1.29 is 29.9 Å². The van der Waals surface area contributed by atoms with Crippen LogP contribution in [0, 0.1) is 12.8 Å².